The minimum atomic E-state index is -0.656. The summed E-state index contributed by atoms with van der Waals surface area (Å²) in [6.45, 7) is 2.64. The van der Waals surface area contributed by atoms with Gasteiger partial charge in [-0.2, -0.15) is 0 Å². The van der Waals surface area contributed by atoms with Gasteiger partial charge in [-0.15, -0.1) is 11.3 Å². The zero-order chi connectivity index (χ0) is 23.4. The summed E-state index contributed by atoms with van der Waals surface area (Å²) in [5.74, 6) is 0.283. The lowest BCUT2D eigenvalue weighted by atomic mass is 10.1. The van der Waals surface area contributed by atoms with Gasteiger partial charge in [0.15, 0.2) is 5.11 Å². The van der Waals surface area contributed by atoms with Crippen molar-refractivity contribution in [2.24, 2.45) is 0 Å². The van der Waals surface area contributed by atoms with Crippen LogP contribution in [0.1, 0.15) is 16.9 Å². The fraction of sp³-hybridized carbons (Fsp3) is 0.240. The monoisotopic (exact) mass is 479 g/mol. The van der Waals surface area contributed by atoms with Gasteiger partial charge >= 0.3 is 0 Å². The Kier molecular flexibility index (Phi) is 7.05. The Morgan fingerprint density at radius 2 is 1.85 bits per heavy atom. The molecule has 1 N–H and O–H groups in total. The number of methoxy groups -OCH3 is 1. The van der Waals surface area contributed by atoms with Gasteiger partial charge in [0.25, 0.3) is 5.91 Å². The molecule has 0 radical (unpaired) electrons. The van der Waals surface area contributed by atoms with Gasteiger partial charge in [0.2, 0.25) is 5.91 Å². The Hall–Kier alpha value is -3.23. The molecule has 1 fully saturated rings. The van der Waals surface area contributed by atoms with Crippen molar-refractivity contribution in [3.8, 4) is 5.75 Å². The summed E-state index contributed by atoms with van der Waals surface area (Å²) in [6, 6.07) is 17.9. The SMILES string of the molecule is COc1ccc(NC(=O)C[C@H]2C(=O)N(c3ccccc3)C(=S)N2CCc2sccc2C)cc1. The highest BCUT2D eigenvalue weighted by molar-refractivity contribution is 7.80. The Morgan fingerprint density at radius 3 is 2.48 bits per heavy atom. The maximum atomic E-state index is 13.4. The lowest BCUT2D eigenvalue weighted by Crippen LogP contribution is -2.39. The maximum Gasteiger partial charge on any atom is 0.256 e. The third-order valence-electron chi connectivity index (χ3n) is 5.63. The number of carbonyl (C=O) groups is 2. The van der Waals surface area contributed by atoms with E-state index in [1.807, 2.05) is 35.2 Å². The summed E-state index contributed by atoms with van der Waals surface area (Å²) in [5, 5.41) is 5.37. The third kappa shape index (κ3) is 5.07. The first-order valence-corrected chi connectivity index (χ1v) is 11.9. The van der Waals surface area contributed by atoms with E-state index in [0.29, 0.717) is 28.8 Å². The van der Waals surface area contributed by atoms with Crippen LogP contribution in [0.15, 0.2) is 66.0 Å². The number of hydrogen-bond acceptors (Lipinski definition) is 5. The predicted molar refractivity (Wildman–Crippen MR) is 136 cm³/mol. The molecule has 3 aromatic rings. The Labute approximate surface area is 202 Å². The van der Waals surface area contributed by atoms with Crippen LogP contribution in [-0.4, -0.2) is 41.5 Å². The van der Waals surface area contributed by atoms with Crippen LogP contribution in [0.5, 0.6) is 5.75 Å². The van der Waals surface area contributed by atoms with Crippen LogP contribution in [0.3, 0.4) is 0 Å². The van der Waals surface area contributed by atoms with Gasteiger partial charge in [0.1, 0.15) is 11.8 Å². The van der Waals surface area contributed by atoms with Crippen LogP contribution in [0.2, 0.25) is 0 Å². The van der Waals surface area contributed by atoms with Gasteiger partial charge < -0.3 is 15.0 Å². The molecule has 1 aromatic heterocycles. The van der Waals surface area contributed by atoms with Crippen LogP contribution >= 0.6 is 23.6 Å². The highest BCUT2D eigenvalue weighted by Gasteiger charge is 2.43. The molecule has 2 heterocycles. The van der Waals surface area contributed by atoms with Crippen molar-refractivity contribution < 1.29 is 14.3 Å². The van der Waals surface area contributed by atoms with Crippen LogP contribution in [0, 0.1) is 6.92 Å². The molecule has 4 rings (SSSR count). The molecule has 0 bridgehead atoms. The smallest absolute Gasteiger partial charge is 0.256 e. The van der Waals surface area contributed by atoms with Crippen LogP contribution in [0.4, 0.5) is 11.4 Å². The van der Waals surface area contributed by atoms with Crippen molar-refractivity contribution in [2.75, 3.05) is 23.9 Å². The number of rotatable bonds is 8. The van der Waals surface area contributed by atoms with Crippen molar-refractivity contribution in [2.45, 2.75) is 25.8 Å². The Bertz CT molecular complexity index is 1150. The summed E-state index contributed by atoms with van der Waals surface area (Å²) in [6.07, 6.45) is 0.772. The molecule has 1 atom stereocenters. The van der Waals surface area contributed by atoms with Gasteiger partial charge in [0.05, 0.1) is 19.2 Å². The van der Waals surface area contributed by atoms with Crippen LogP contribution in [-0.2, 0) is 16.0 Å². The van der Waals surface area contributed by atoms with Gasteiger partial charge in [-0.05, 0) is 79.0 Å². The molecule has 0 saturated carbocycles. The number of aryl methyl sites for hydroxylation is 1. The van der Waals surface area contributed by atoms with Crippen molar-refractivity contribution >= 4 is 51.9 Å². The summed E-state index contributed by atoms with van der Waals surface area (Å²) in [5.41, 5.74) is 2.59. The number of ether oxygens (including phenoxy) is 1. The largest absolute Gasteiger partial charge is 0.497 e. The molecule has 0 spiro atoms. The van der Waals surface area contributed by atoms with Crippen molar-refractivity contribution in [3.05, 3.63) is 76.5 Å². The highest BCUT2D eigenvalue weighted by atomic mass is 32.1. The predicted octanol–water partition coefficient (Wildman–Crippen LogP) is 4.64. The summed E-state index contributed by atoms with van der Waals surface area (Å²) < 4.78 is 5.16. The number of nitrogens with one attached hydrogen (secondary N) is 1. The summed E-state index contributed by atoms with van der Waals surface area (Å²) in [4.78, 5) is 31.0. The van der Waals surface area contributed by atoms with E-state index in [1.54, 1.807) is 47.6 Å². The maximum absolute atomic E-state index is 13.4. The van der Waals surface area contributed by atoms with E-state index < -0.39 is 6.04 Å². The topological polar surface area (TPSA) is 61.9 Å². The lowest BCUT2D eigenvalue weighted by molar-refractivity contribution is -0.124. The molecule has 1 saturated heterocycles. The summed E-state index contributed by atoms with van der Waals surface area (Å²) in [7, 11) is 1.59. The average Bonchev–Trinajstić information content (AvgIpc) is 3.33. The van der Waals surface area contributed by atoms with Gasteiger partial charge in [-0.25, -0.2) is 0 Å². The Morgan fingerprint density at radius 1 is 1.12 bits per heavy atom. The number of amides is 2. The molecule has 170 valence electrons. The number of thiocarbonyl (C=S) groups is 1. The number of nitrogens with zero attached hydrogens (tertiary/aromatic N) is 2. The number of carbonyl (C=O) groups excluding carboxylic acids is 2. The van der Waals surface area contributed by atoms with E-state index in [0.717, 1.165) is 6.42 Å². The second-order valence-electron chi connectivity index (χ2n) is 7.76. The molecule has 2 amide bonds. The van der Waals surface area contributed by atoms with E-state index in [4.69, 9.17) is 17.0 Å². The van der Waals surface area contributed by atoms with E-state index in [-0.39, 0.29) is 18.2 Å². The fourth-order valence-electron chi connectivity index (χ4n) is 3.85. The minimum absolute atomic E-state index is 0.0117. The molecule has 33 heavy (non-hydrogen) atoms. The normalized spacial score (nSPS) is 15.8. The molecule has 2 aromatic carbocycles. The Balaban J connectivity index is 1.53. The molecule has 0 aliphatic carbocycles. The lowest BCUT2D eigenvalue weighted by Gasteiger charge is -2.23. The standard InChI is InChI=1S/C25H25N3O3S2/c1-17-13-15-33-22(17)12-14-27-21(16-23(29)26-18-8-10-20(31-2)11-9-18)24(30)28(25(27)32)19-6-4-3-5-7-19/h3-11,13,15,21H,12,14,16H2,1-2H3,(H,26,29)/t21-/m0/s1. The fourth-order valence-corrected chi connectivity index (χ4v) is 5.16. The van der Waals surface area contributed by atoms with E-state index in [2.05, 4.69) is 23.7 Å². The van der Waals surface area contributed by atoms with E-state index >= 15 is 0 Å². The molecule has 6 nitrogen and oxygen atoms in total. The number of para-hydroxylation sites is 1. The second-order valence-corrected chi connectivity index (χ2v) is 9.12. The van der Waals surface area contributed by atoms with Gasteiger partial charge in [-0.1, -0.05) is 18.2 Å². The first-order valence-electron chi connectivity index (χ1n) is 10.6. The quantitative estimate of drug-likeness (QED) is 0.477. The van der Waals surface area contributed by atoms with Crippen molar-refractivity contribution in [1.82, 2.24) is 4.90 Å². The van der Waals surface area contributed by atoms with Gasteiger partial charge in [0, 0.05) is 17.1 Å². The van der Waals surface area contributed by atoms with Crippen molar-refractivity contribution in [1.29, 1.82) is 0 Å². The zero-order valence-corrected chi connectivity index (χ0v) is 20.1. The number of thiophene rings is 1. The number of hydrogen-bond donors (Lipinski definition) is 1. The third-order valence-corrected chi connectivity index (χ3v) is 7.13. The molecule has 1 aliphatic heterocycles. The first-order chi connectivity index (χ1) is 16.0. The van der Waals surface area contributed by atoms with Gasteiger partial charge in [-0.3, -0.25) is 14.5 Å². The van der Waals surface area contributed by atoms with Crippen molar-refractivity contribution in [3.63, 3.8) is 0 Å². The van der Waals surface area contributed by atoms with Crippen LogP contribution < -0.4 is 15.0 Å². The zero-order valence-electron chi connectivity index (χ0n) is 18.5. The number of anilines is 2. The highest BCUT2D eigenvalue weighted by Crippen LogP contribution is 2.28. The first kappa shape index (κ1) is 22.9. The molecule has 1 aliphatic rings. The molecule has 8 heteroatoms. The van der Waals surface area contributed by atoms with E-state index in [9.17, 15) is 9.59 Å². The number of benzene rings is 2. The minimum Gasteiger partial charge on any atom is -0.497 e. The van der Waals surface area contributed by atoms with Crippen LogP contribution in [0.25, 0.3) is 0 Å². The molecule has 0 unspecified atom stereocenters. The summed E-state index contributed by atoms with van der Waals surface area (Å²) >= 11 is 7.42. The van der Waals surface area contributed by atoms with E-state index in [1.165, 1.54) is 10.4 Å². The second kappa shape index (κ2) is 10.1. The molecular weight excluding hydrogens is 454 g/mol. The molecular formula is C25H25N3O3S2. The average molecular weight is 480 g/mol.